The highest BCUT2D eigenvalue weighted by Gasteiger charge is 2.22. The number of aromatic nitrogens is 1. The number of pyridine rings is 1. The molecule has 100 valence electrons. The number of carbonyl (C=O) groups excluding carboxylic acids is 2. The minimum absolute atomic E-state index is 0.197. The van der Waals surface area contributed by atoms with Crippen LogP contribution in [0.3, 0.4) is 0 Å². The van der Waals surface area contributed by atoms with Gasteiger partial charge in [-0.15, -0.1) is 0 Å². The molecule has 0 aliphatic heterocycles. The van der Waals surface area contributed by atoms with Gasteiger partial charge in [-0.3, -0.25) is 9.59 Å². The van der Waals surface area contributed by atoms with Crippen LogP contribution in [0.4, 0.5) is 5.82 Å². The monoisotopic (exact) mass is 270 g/mol. The first-order valence-corrected chi connectivity index (χ1v) is 6.15. The van der Waals surface area contributed by atoms with Gasteiger partial charge in [0, 0.05) is 5.41 Å². The van der Waals surface area contributed by atoms with Crippen LogP contribution in [0.2, 0.25) is 5.15 Å². The fraction of sp³-hybridized carbons (Fsp3) is 0.462. The zero-order valence-electron chi connectivity index (χ0n) is 11.4. The van der Waals surface area contributed by atoms with Crippen LogP contribution in [0.15, 0.2) is 12.1 Å². The topological polar surface area (TPSA) is 59.1 Å². The number of rotatable bonds is 2. The van der Waals surface area contributed by atoms with Crippen LogP contribution in [0.25, 0.3) is 0 Å². The smallest absolute Gasteiger partial charge is 0.230 e. The van der Waals surface area contributed by atoms with Crippen molar-refractivity contribution in [3.63, 3.8) is 0 Å². The van der Waals surface area contributed by atoms with Gasteiger partial charge in [-0.2, -0.15) is 0 Å². The molecule has 0 unspecified atom stereocenters. The molecule has 1 amide bonds. The molecule has 0 atom stereocenters. The molecule has 1 heterocycles. The molecule has 1 N–H and O–H groups in total. The van der Waals surface area contributed by atoms with E-state index in [1.54, 1.807) is 20.8 Å². The van der Waals surface area contributed by atoms with E-state index in [-0.39, 0.29) is 16.9 Å². The van der Waals surface area contributed by atoms with Gasteiger partial charge >= 0.3 is 0 Å². The second-order valence-corrected chi connectivity index (χ2v) is 4.78. The minimum Gasteiger partial charge on any atom is -0.310 e. The molecule has 1 rings (SSSR count). The number of halogens is 1. The first-order chi connectivity index (χ1) is 8.34. The summed E-state index contributed by atoms with van der Waals surface area (Å²) < 4.78 is 0. The molecule has 0 bridgehead atoms. The number of hydrogen-bond donors (Lipinski definition) is 1. The summed E-state index contributed by atoms with van der Waals surface area (Å²) in [6.45, 7) is 9.31. The Balaban J connectivity index is 0.00000137. The van der Waals surface area contributed by atoms with E-state index in [1.165, 1.54) is 12.1 Å². The molecule has 0 radical (unpaired) electrons. The van der Waals surface area contributed by atoms with Gasteiger partial charge in [0.25, 0.3) is 0 Å². The third-order valence-corrected chi connectivity index (χ3v) is 2.14. The Bertz CT molecular complexity index is 425. The lowest BCUT2D eigenvalue weighted by atomic mass is 9.96. The van der Waals surface area contributed by atoms with Crippen molar-refractivity contribution in [1.29, 1.82) is 0 Å². The lowest BCUT2D eigenvalue weighted by molar-refractivity contribution is -0.123. The summed E-state index contributed by atoms with van der Waals surface area (Å²) in [6.07, 6.45) is 0.627. The van der Waals surface area contributed by atoms with Crippen molar-refractivity contribution in [3.8, 4) is 0 Å². The highest BCUT2D eigenvalue weighted by molar-refractivity contribution is 6.29. The van der Waals surface area contributed by atoms with E-state index in [4.69, 9.17) is 11.6 Å². The molecule has 5 heteroatoms. The summed E-state index contributed by atoms with van der Waals surface area (Å²) in [5, 5.41) is 2.81. The van der Waals surface area contributed by atoms with Crippen LogP contribution < -0.4 is 5.32 Å². The van der Waals surface area contributed by atoms with Gasteiger partial charge in [-0.25, -0.2) is 4.98 Å². The fourth-order valence-corrected chi connectivity index (χ4v) is 1.08. The van der Waals surface area contributed by atoms with Crippen molar-refractivity contribution in [2.75, 3.05) is 5.32 Å². The average molecular weight is 271 g/mol. The lowest BCUT2D eigenvalue weighted by Gasteiger charge is -2.17. The molecule has 1 aromatic heterocycles. The molecule has 0 fully saturated rings. The normalized spacial score (nSPS) is 10.1. The Hall–Kier alpha value is -1.42. The fourth-order valence-electron chi connectivity index (χ4n) is 0.936. The summed E-state index contributed by atoms with van der Waals surface area (Å²) >= 11 is 5.69. The standard InChI is InChI=1S/C11H13ClN2O2.C2H6/c1-11(2,3)10(16)14-9-7(6-15)4-5-8(12)13-9;1-2/h4-6H,1-3H3,(H,13,14,16);1-2H3. The molecule has 0 saturated heterocycles. The van der Waals surface area contributed by atoms with Crippen molar-refractivity contribution in [1.82, 2.24) is 4.98 Å². The van der Waals surface area contributed by atoms with Gasteiger partial charge in [-0.1, -0.05) is 46.2 Å². The maximum atomic E-state index is 11.7. The van der Waals surface area contributed by atoms with Crippen molar-refractivity contribution in [2.24, 2.45) is 5.41 Å². The molecule has 18 heavy (non-hydrogen) atoms. The number of nitrogens with one attached hydrogen (secondary N) is 1. The van der Waals surface area contributed by atoms with E-state index in [2.05, 4.69) is 10.3 Å². The van der Waals surface area contributed by atoms with E-state index < -0.39 is 5.41 Å². The van der Waals surface area contributed by atoms with Crippen LogP contribution in [-0.2, 0) is 4.79 Å². The molecular formula is C13H19ClN2O2. The van der Waals surface area contributed by atoms with Crippen molar-refractivity contribution >= 4 is 29.6 Å². The zero-order valence-corrected chi connectivity index (χ0v) is 12.1. The maximum Gasteiger partial charge on any atom is 0.230 e. The van der Waals surface area contributed by atoms with Crippen LogP contribution >= 0.6 is 11.6 Å². The lowest BCUT2D eigenvalue weighted by Crippen LogP contribution is -2.28. The summed E-state index contributed by atoms with van der Waals surface area (Å²) in [4.78, 5) is 26.3. The van der Waals surface area contributed by atoms with Gasteiger partial charge < -0.3 is 5.32 Å². The van der Waals surface area contributed by atoms with Gasteiger partial charge in [-0.05, 0) is 12.1 Å². The van der Waals surface area contributed by atoms with Gasteiger partial charge in [0.2, 0.25) is 5.91 Å². The third-order valence-electron chi connectivity index (χ3n) is 1.93. The second-order valence-electron chi connectivity index (χ2n) is 4.39. The number of carbonyl (C=O) groups is 2. The summed E-state index contributed by atoms with van der Waals surface area (Å²) in [5.74, 6) is -0.0206. The van der Waals surface area contributed by atoms with Crippen LogP contribution in [0, 0.1) is 5.41 Å². The molecular weight excluding hydrogens is 252 g/mol. The Morgan fingerprint density at radius 2 is 1.89 bits per heavy atom. The number of nitrogens with zero attached hydrogens (tertiary/aromatic N) is 1. The number of anilines is 1. The highest BCUT2D eigenvalue weighted by atomic mass is 35.5. The predicted molar refractivity (Wildman–Crippen MR) is 74.1 cm³/mol. The van der Waals surface area contributed by atoms with Crippen LogP contribution in [0.1, 0.15) is 45.0 Å². The average Bonchev–Trinajstić information content (AvgIpc) is 2.31. The van der Waals surface area contributed by atoms with Crippen LogP contribution in [-0.4, -0.2) is 17.2 Å². The van der Waals surface area contributed by atoms with Gasteiger partial charge in [0.05, 0.1) is 5.56 Å². The van der Waals surface area contributed by atoms with Crippen LogP contribution in [0.5, 0.6) is 0 Å². The minimum atomic E-state index is -0.551. The largest absolute Gasteiger partial charge is 0.310 e. The van der Waals surface area contributed by atoms with E-state index >= 15 is 0 Å². The van der Waals surface area contributed by atoms with Gasteiger partial charge in [0.1, 0.15) is 11.0 Å². The van der Waals surface area contributed by atoms with Gasteiger partial charge in [0.15, 0.2) is 6.29 Å². The zero-order chi connectivity index (χ0) is 14.3. The Morgan fingerprint density at radius 3 is 2.33 bits per heavy atom. The van der Waals surface area contributed by atoms with E-state index in [9.17, 15) is 9.59 Å². The van der Waals surface area contributed by atoms with Crippen molar-refractivity contribution in [3.05, 3.63) is 22.8 Å². The summed E-state index contributed by atoms with van der Waals surface area (Å²) in [5.41, 5.74) is -0.244. The van der Waals surface area contributed by atoms with Crippen molar-refractivity contribution in [2.45, 2.75) is 34.6 Å². The molecule has 0 aliphatic carbocycles. The Labute approximate surface area is 113 Å². The first-order valence-electron chi connectivity index (χ1n) is 5.78. The SMILES string of the molecule is CC.CC(C)(C)C(=O)Nc1nc(Cl)ccc1C=O. The molecule has 0 saturated carbocycles. The number of aldehydes is 1. The summed E-state index contributed by atoms with van der Waals surface area (Å²) in [7, 11) is 0. The third kappa shape index (κ3) is 4.84. The molecule has 1 aromatic rings. The predicted octanol–water partition coefficient (Wildman–Crippen LogP) is 3.56. The van der Waals surface area contributed by atoms with Crippen molar-refractivity contribution < 1.29 is 9.59 Å². The number of amides is 1. The molecule has 0 aliphatic rings. The summed E-state index contributed by atoms with van der Waals surface area (Å²) in [6, 6.07) is 3.01. The maximum absolute atomic E-state index is 11.7. The second kappa shape index (κ2) is 7.11. The quantitative estimate of drug-likeness (QED) is 0.660. The van der Waals surface area contributed by atoms with E-state index in [0.29, 0.717) is 11.8 Å². The first kappa shape index (κ1) is 16.6. The molecule has 4 nitrogen and oxygen atoms in total. The number of hydrogen-bond acceptors (Lipinski definition) is 3. The van der Waals surface area contributed by atoms with E-state index in [1.807, 2.05) is 13.8 Å². The highest BCUT2D eigenvalue weighted by Crippen LogP contribution is 2.19. The molecule has 0 aromatic carbocycles. The molecule has 0 spiro atoms. The Morgan fingerprint density at radius 1 is 1.33 bits per heavy atom. The Kier molecular flexibility index (Phi) is 6.55. The van der Waals surface area contributed by atoms with E-state index in [0.717, 1.165) is 0 Å².